The highest BCUT2D eigenvalue weighted by atomic mass is 19.4. The first-order valence-electron chi connectivity index (χ1n) is 13.7. The molecule has 0 bridgehead atoms. The van der Waals surface area contributed by atoms with E-state index >= 15 is 0 Å². The second kappa shape index (κ2) is 12.0. The van der Waals surface area contributed by atoms with E-state index in [1.165, 1.54) is 11.8 Å². The number of aromatic nitrogens is 1. The van der Waals surface area contributed by atoms with Gasteiger partial charge in [-0.15, -0.1) is 0 Å². The molecule has 2 aromatic carbocycles. The number of pyridine rings is 1. The van der Waals surface area contributed by atoms with E-state index < -0.39 is 11.9 Å². The first-order valence-corrected chi connectivity index (χ1v) is 13.7. The van der Waals surface area contributed by atoms with Crippen LogP contribution in [0, 0.1) is 5.92 Å². The van der Waals surface area contributed by atoms with Gasteiger partial charge in [-0.3, -0.25) is 4.98 Å². The van der Waals surface area contributed by atoms with Crippen LogP contribution in [0.15, 0.2) is 60.8 Å². The van der Waals surface area contributed by atoms with E-state index in [0.29, 0.717) is 11.5 Å². The molecule has 5 rings (SSSR count). The van der Waals surface area contributed by atoms with Crippen LogP contribution < -0.4 is 9.64 Å². The van der Waals surface area contributed by atoms with Crippen LogP contribution in [-0.4, -0.2) is 45.7 Å². The van der Waals surface area contributed by atoms with Crippen LogP contribution in [0.25, 0.3) is 11.1 Å². The smallest absolute Gasteiger partial charge is 0.433 e. The molecule has 1 aliphatic carbocycles. The van der Waals surface area contributed by atoms with Gasteiger partial charge in [-0.05, 0) is 95.8 Å². The molecule has 40 heavy (non-hydrogen) atoms. The predicted octanol–water partition coefficient (Wildman–Crippen LogP) is 7.24. The van der Waals surface area contributed by atoms with Gasteiger partial charge in [0.05, 0.1) is 7.11 Å². The molecule has 1 aromatic heterocycles. The van der Waals surface area contributed by atoms with Gasteiger partial charge >= 0.3 is 6.18 Å². The quantitative estimate of drug-likeness (QED) is 0.289. The van der Waals surface area contributed by atoms with Crippen molar-refractivity contribution in [3.05, 3.63) is 88.7 Å². The molecular weight excluding hydrogens is 517 g/mol. The van der Waals surface area contributed by atoms with E-state index in [1.54, 1.807) is 27.4 Å². The normalized spacial score (nSPS) is 16.7. The van der Waals surface area contributed by atoms with E-state index in [-0.39, 0.29) is 6.29 Å². The van der Waals surface area contributed by atoms with Crippen molar-refractivity contribution in [2.24, 2.45) is 5.92 Å². The lowest BCUT2D eigenvalue weighted by molar-refractivity contribution is -0.141. The van der Waals surface area contributed by atoms with E-state index in [0.717, 1.165) is 85.0 Å². The number of hydrogen-bond acceptors (Lipinski definition) is 5. The summed E-state index contributed by atoms with van der Waals surface area (Å²) in [7, 11) is 5.02. The van der Waals surface area contributed by atoms with E-state index in [2.05, 4.69) is 46.3 Å². The van der Waals surface area contributed by atoms with Gasteiger partial charge in [0.1, 0.15) is 11.4 Å². The monoisotopic (exact) mass is 552 g/mol. The molecule has 2 aliphatic rings. The molecule has 0 saturated carbocycles. The van der Waals surface area contributed by atoms with E-state index in [1.807, 2.05) is 6.07 Å². The highest BCUT2D eigenvalue weighted by Gasteiger charge is 2.32. The molecule has 5 nitrogen and oxygen atoms in total. The molecule has 8 heteroatoms. The number of piperidine rings is 1. The van der Waals surface area contributed by atoms with Crippen molar-refractivity contribution in [2.45, 2.75) is 44.6 Å². The number of nitrogens with zero attached hydrogens (tertiary/aromatic N) is 2. The van der Waals surface area contributed by atoms with Crippen molar-refractivity contribution in [1.29, 1.82) is 0 Å². The van der Waals surface area contributed by atoms with Crippen LogP contribution in [0.2, 0.25) is 0 Å². The fourth-order valence-corrected chi connectivity index (χ4v) is 6.00. The van der Waals surface area contributed by atoms with Crippen LogP contribution >= 0.6 is 0 Å². The zero-order valence-electron chi connectivity index (χ0n) is 23.1. The molecule has 212 valence electrons. The summed E-state index contributed by atoms with van der Waals surface area (Å²) in [5.41, 5.74) is 6.29. The van der Waals surface area contributed by atoms with Gasteiger partial charge in [-0.1, -0.05) is 24.3 Å². The summed E-state index contributed by atoms with van der Waals surface area (Å²) < 4.78 is 56.1. The minimum absolute atomic E-state index is 0.177. The zero-order valence-corrected chi connectivity index (χ0v) is 23.1. The molecule has 0 amide bonds. The molecule has 0 unspecified atom stereocenters. The maximum atomic E-state index is 13.2. The van der Waals surface area contributed by atoms with Gasteiger partial charge in [0, 0.05) is 45.1 Å². The lowest BCUT2D eigenvalue weighted by Crippen LogP contribution is -2.39. The number of alkyl halides is 3. The molecular formula is C32H35F3N2O3. The van der Waals surface area contributed by atoms with Crippen molar-refractivity contribution >= 4 is 16.8 Å². The Hall–Kier alpha value is -3.36. The van der Waals surface area contributed by atoms with Crippen molar-refractivity contribution < 1.29 is 27.4 Å². The first-order chi connectivity index (χ1) is 19.3. The van der Waals surface area contributed by atoms with Gasteiger partial charge in [-0.25, -0.2) is 0 Å². The first kappa shape index (κ1) is 28.2. The third-order valence-corrected chi connectivity index (χ3v) is 8.07. The van der Waals surface area contributed by atoms with Crippen LogP contribution in [0.3, 0.4) is 0 Å². The van der Waals surface area contributed by atoms with Crippen molar-refractivity contribution in [1.82, 2.24) is 4.98 Å². The Morgan fingerprint density at radius 1 is 0.875 bits per heavy atom. The largest absolute Gasteiger partial charge is 0.497 e. The average Bonchev–Trinajstić information content (AvgIpc) is 3.17. The fraction of sp³-hybridized carbons (Fsp3) is 0.406. The van der Waals surface area contributed by atoms with Crippen LogP contribution in [0.5, 0.6) is 5.75 Å². The molecule has 3 aromatic rings. The van der Waals surface area contributed by atoms with Gasteiger partial charge < -0.3 is 19.1 Å². The second-order valence-corrected chi connectivity index (χ2v) is 10.4. The molecule has 1 saturated heterocycles. The summed E-state index contributed by atoms with van der Waals surface area (Å²) in [6, 6.07) is 17.2. The summed E-state index contributed by atoms with van der Waals surface area (Å²) in [6.45, 7) is 1.84. The number of hydrogen-bond donors (Lipinski definition) is 0. The van der Waals surface area contributed by atoms with Gasteiger partial charge in [0.2, 0.25) is 0 Å². The Labute approximate surface area is 233 Å². The second-order valence-electron chi connectivity index (χ2n) is 10.4. The van der Waals surface area contributed by atoms with Crippen LogP contribution in [0.1, 0.15) is 53.6 Å². The van der Waals surface area contributed by atoms with Gasteiger partial charge in [0.25, 0.3) is 0 Å². The number of fused-ring (bicyclic) bond motifs is 1. The average molecular weight is 553 g/mol. The standard InChI is InChI=1S/C32H35F3N2O3/c1-38-26-12-13-28-23(19-26)5-4-6-27(24-9-14-29(36-20-24)32(33,34)35)30(28)21-7-10-25(11-8-21)37-17-15-22(16-18-37)31(39-2)40-3/h7-14,19-20,22,31H,4-6,15-18H2,1-3H3. The van der Waals surface area contributed by atoms with E-state index in [4.69, 9.17) is 14.2 Å². The van der Waals surface area contributed by atoms with Crippen molar-refractivity contribution in [2.75, 3.05) is 39.3 Å². The number of aryl methyl sites for hydroxylation is 1. The summed E-state index contributed by atoms with van der Waals surface area (Å²) >= 11 is 0. The Kier molecular flexibility index (Phi) is 8.47. The number of benzene rings is 2. The maximum absolute atomic E-state index is 13.2. The zero-order chi connectivity index (χ0) is 28.3. The van der Waals surface area contributed by atoms with Crippen LogP contribution in [0.4, 0.5) is 18.9 Å². The van der Waals surface area contributed by atoms with Gasteiger partial charge in [-0.2, -0.15) is 13.2 Å². The highest BCUT2D eigenvalue weighted by molar-refractivity contribution is 6.00. The van der Waals surface area contributed by atoms with Crippen molar-refractivity contribution in [3.8, 4) is 5.75 Å². The summed E-state index contributed by atoms with van der Waals surface area (Å²) in [4.78, 5) is 6.15. The highest BCUT2D eigenvalue weighted by Crippen LogP contribution is 2.41. The Bertz CT molecular complexity index is 1330. The molecule has 1 fully saturated rings. The summed E-state index contributed by atoms with van der Waals surface area (Å²) in [5.74, 6) is 1.16. The maximum Gasteiger partial charge on any atom is 0.433 e. The number of ether oxygens (including phenoxy) is 3. The number of allylic oxidation sites excluding steroid dienone is 1. The number of rotatable bonds is 7. The number of methoxy groups -OCH3 is 3. The predicted molar refractivity (Wildman–Crippen MR) is 150 cm³/mol. The van der Waals surface area contributed by atoms with Gasteiger partial charge in [0.15, 0.2) is 6.29 Å². The Morgan fingerprint density at radius 2 is 1.57 bits per heavy atom. The number of anilines is 1. The molecule has 0 N–H and O–H groups in total. The lowest BCUT2D eigenvalue weighted by atomic mass is 9.88. The molecule has 0 radical (unpaired) electrons. The minimum atomic E-state index is -4.47. The third kappa shape index (κ3) is 5.88. The summed E-state index contributed by atoms with van der Waals surface area (Å²) in [6.07, 6.45) is 1.14. The lowest BCUT2D eigenvalue weighted by Gasteiger charge is -2.36. The third-order valence-electron chi connectivity index (χ3n) is 8.07. The fourth-order valence-electron chi connectivity index (χ4n) is 6.00. The Balaban J connectivity index is 1.50. The van der Waals surface area contributed by atoms with E-state index in [9.17, 15) is 13.2 Å². The van der Waals surface area contributed by atoms with Crippen molar-refractivity contribution in [3.63, 3.8) is 0 Å². The molecule has 0 atom stereocenters. The molecule has 1 aliphatic heterocycles. The minimum Gasteiger partial charge on any atom is -0.497 e. The SMILES string of the molecule is COc1ccc2c(c1)CCCC(c1ccc(C(F)(F)F)nc1)=C2c1ccc(N2CCC(C(OC)OC)CC2)cc1. The summed E-state index contributed by atoms with van der Waals surface area (Å²) in [5, 5.41) is 0. The number of halogens is 3. The topological polar surface area (TPSA) is 43.8 Å². The van der Waals surface area contributed by atoms with Crippen LogP contribution in [-0.2, 0) is 22.1 Å². The molecule has 2 heterocycles. The molecule has 0 spiro atoms. The Morgan fingerprint density at radius 3 is 2.17 bits per heavy atom.